The summed E-state index contributed by atoms with van der Waals surface area (Å²) in [5.74, 6) is 1.46. The van der Waals surface area contributed by atoms with Crippen molar-refractivity contribution in [2.75, 3.05) is 5.32 Å². The van der Waals surface area contributed by atoms with Crippen molar-refractivity contribution in [3.05, 3.63) is 119 Å². The number of benzene rings is 3. The first-order chi connectivity index (χ1) is 16.2. The fourth-order valence-corrected chi connectivity index (χ4v) is 4.10. The Kier molecular flexibility index (Phi) is 5.96. The number of nitrogens with zero attached hydrogens (tertiary/aromatic N) is 1. The average Bonchev–Trinajstić information content (AvgIpc) is 3.00. The minimum absolute atomic E-state index is 0.00817. The van der Waals surface area contributed by atoms with Crippen LogP contribution in [0.4, 0.5) is 5.69 Å². The molecule has 1 amide bonds. The number of amides is 1. The second-order valence-electron chi connectivity index (χ2n) is 7.92. The van der Waals surface area contributed by atoms with E-state index in [0.29, 0.717) is 17.1 Å². The van der Waals surface area contributed by atoms with E-state index < -0.39 is 0 Å². The summed E-state index contributed by atoms with van der Waals surface area (Å²) in [7, 11) is 0. The van der Waals surface area contributed by atoms with Gasteiger partial charge in [-0.15, -0.1) is 0 Å². The Morgan fingerprint density at radius 1 is 0.970 bits per heavy atom. The molecule has 2 N–H and O–H groups in total. The summed E-state index contributed by atoms with van der Waals surface area (Å²) in [5.41, 5.74) is 4.62. The van der Waals surface area contributed by atoms with Crippen LogP contribution < -0.4 is 15.4 Å². The van der Waals surface area contributed by atoms with Crippen LogP contribution in [0.25, 0.3) is 0 Å². The number of rotatable bonds is 5. The number of ether oxygens (including phenoxy) is 1. The van der Waals surface area contributed by atoms with Gasteiger partial charge in [0, 0.05) is 35.1 Å². The number of nitrogens with one attached hydrogen (secondary N) is 2. The van der Waals surface area contributed by atoms with Crippen LogP contribution in [-0.4, -0.2) is 10.9 Å². The lowest BCUT2D eigenvalue weighted by molar-refractivity contribution is 0.0951. The lowest BCUT2D eigenvalue weighted by Gasteiger charge is -2.19. The van der Waals surface area contributed by atoms with E-state index in [1.54, 1.807) is 12.4 Å². The number of halogens is 1. The minimum Gasteiger partial charge on any atom is -0.455 e. The first-order valence-corrected chi connectivity index (χ1v) is 11.1. The molecule has 33 heavy (non-hydrogen) atoms. The zero-order valence-corrected chi connectivity index (χ0v) is 18.5. The maximum Gasteiger partial charge on any atom is 0.251 e. The van der Waals surface area contributed by atoms with Crippen molar-refractivity contribution < 1.29 is 9.53 Å². The van der Waals surface area contributed by atoms with E-state index in [0.717, 1.165) is 40.3 Å². The monoisotopic (exact) mass is 455 g/mol. The fraction of sp³-hybridized carbons (Fsp3) is 0.111. The average molecular weight is 456 g/mol. The molecule has 3 aromatic carbocycles. The molecule has 1 unspecified atom stereocenters. The van der Waals surface area contributed by atoms with Crippen LogP contribution >= 0.6 is 11.6 Å². The SMILES string of the molecule is O=C(NCc1cccnc1)c1ccc(CC2Nc3cc(Cl)ccc3Oc3ccccc32)cc1. The summed E-state index contributed by atoms with van der Waals surface area (Å²) >= 11 is 6.22. The lowest BCUT2D eigenvalue weighted by atomic mass is 9.97. The summed E-state index contributed by atoms with van der Waals surface area (Å²) < 4.78 is 6.16. The van der Waals surface area contributed by atoms with Crippen LogP contribution in [0.3, 0.4) is 0 Å². The molecule has 0 saturated carbocycles. The van der Waals surface area contributed by atoms with Crippen molar-refractivity contribution in [2.45, 2.75) is 19.0 Å². The molecule has 2 heterocycles. The van der Waals surface area contributed by atoms with Crippen molar-refractivity contribution in [1.29, 1.82) is 0 Å². The van der Waals surface area contributed by atoms with Crippen LogP contribution in [-0.2, 0) is 13.0 Å². The summed E-state index contributed by atoms with van der Waals surface area (Å²) in [4.78, 5) is 16.6. The zero-order chi connectivity index (χ0) is 22.6. The molecule has 0 fully saturated rings. The van der Waals surface area contributed by atoms with E-state index in [1.807, 2.05) is 72.8 Å². The molecule has 0 spiro atoms. The van der Waals surface area contributed by atoms with Gasteiger partial charge in [-0.2, -0.15) is 0 Å². The Labute approximate surface area is 197 Å². The summed E-state index contributed by atoms with van der Waals surface area (Å²) in [6.45, 7) is 0.444. The minimum atomic E-state index is -0.111. The van der Waals surface area contributed by atoms with Crippen LogP contribution in [0.1, 0.15) is 33.1 Å². The highest BCUT2D eigenvalue weighted by Crippen LogP contribution is 2.42. The zero-order valence-electron chi connectivity index (χ0n) is 17.8. The topological polar surface area (TPSA) is 63.2 Å². The highest BCUT2D eigenvalue weighted by molar-refractivity contribution is 6.30. The third-order valence-electron chi connectivity index (χ3n) is 5.62. The molecule has 0 saturated heterocycles. The third-order valence-corrected chi connectivity index (χ3v) is 5.85. The van der Waals surface area contributed by atoms with Crippen LogP contribution in [0.2, 0.25) is 5.02 Å². The second-order valence-corrected chi connectivity index (χ2v) is 8.36. The molecular formula is C27H22ClN3O2. The van der Waals surface area contributed by atoms with Gasteiger partial charge in [0.25, 0.3) is 5.91 Å². The van der Waals surface area contributed by atoms with E-state index in [4.69, 9.17) is 16.3 Å². The van der Waals surface area contributed by atoms with Gasteiger partial charge in [0.1, 0.15) is 5.75 Å². The second kappa shape index (κ2) is 9.35. The van der Waals surface area contributed by atoms with Crippen molar-refractivity contribution in [1.82, 2.24) is 10.3 Å². The Morgan fingerprint density at radius 3 is 2.64 bits per heavy atom. The molecular weight excluding hydrogens is 434 g/mol. The van der Waals surface area contributed by atoms with Gasteiger partial charge in [0.2, 0.25) is 0 Å². The van der Waals surface area contributed by atoms with Crippen molar-refractivity contribution in [3.8, 4) is 11.5 Å². The van der Waals surface area contributed by atoms with Gasteiger partial charge in [-0.05, 0) is 60.0 Å². The Balaban J connectivity index is 1.32. The van der Waals surface area contributed by atoms with Gasteiger partial charge in [-0.1, -0.05) is 48.0 Å². The number of carbonyl (C=O) groups is 1. The quantitative estimate of drug-likeness (QED) is 0.378. The highest BCUT2D eigenvalue weighted by atomic mass is 35.5. The number of fused-ring (bicyclic) bond motifs is 2. The molecule has 4 aromatic rings. The van der Waals surface area contributed by atoms with Crippen molar-refractivity contribution >= 4 is 23.2 Å². The highest BCUT2D eigenvalue weighted by Gasteiger charge is 2.23. The van der Waals surface area contributed by atoms with E-state index in [1.165, 1.54) is 0 Å². The number of hydrogen-bond donors (Lipinski definition) is 2. The maximum atomic E-state index is 12.5. The predicted molar refractivity (Wildman–Crippen MR) is 130 cm³/mol. The van der Waals surface area contributed by atoms with Crippen molar-refractivity contribution in [2.24, 2.45) is 0 Å². The largest absolute Gasteiger partial charge is 0.455 e. The molecule has 1 aliphatic rings. The lowest BCUT2D eigenvalue weighted by Crippen LogP contribution is -2.22. The standard InChI is InChI=1S/C27H22ClN3O2/c28-21-11-12-26-24(15-21)31-23(22-5-1-2-6-25(22)33-26)14-18-7-9-20(10-8-18)27(32)30-17-19-4-3-13-29-16-19/h1-13,15-16,23,31H,14,17H2,(H,30,32). The molecule has 6 heteroatoms. The number of anilines is 1. The molecule has 1 aromatic heterocycles. The van der Waals surface area contributed by atoms with Gasteiger partial charge in [-0.3, -0.25) is 9.78 Å². The number of hydrogen-bond acceptors (Lipinski definition) is 4. The number of carbonyl (C=O) groups excluding carboxylic acids is 1. The molecule has 0 radical (unpaired) electrons. The van der Waals surface area contributed by atoms with E-state index in [2.05, 4.69) is 21.7 Å². The number of para-hydroxylation sites is 1. The Morgan fingerprint density at radius 2 is 1.82 bits per heavy atom. The predicted octanol–water partition coefficient (Wildman–Crippen LogP) is 6.17. The van der Waals surface area contributed by atoms with E-state index in [-0.39, 0.29) is 11.9 Å². The van der Waals surface area contributed by atoms with Crippen LogP contribution in [0, 0.1) is 0 Å². The molecule has 0 bridgehead atoms. The van der Waals surface area contributed by atoms with Gasteiger partial charge >= 0.3 is 0 Å². The van der Waals surface area contributed by atoms with Crippen molar-refractivity contribution in [3.63, 3.8) is 0 Å². The molecule has 1 atom stereocenters. The van der Waals surface area contributed by atoms with Crippen LogP contribution in [0.15, 0.2) is 91.3 Å². The summed E-state index contributed by atoms with van der Waals surface area (Å²) in [5, 5.41) is 7.17. The third kappa shape index (κ3) is 4.83. The molecule has 164 valence electrons. The molecule has 5 nitrogen and oxygen atoms in total. The maximum absolute atomic E-state index is 12.5. The van der Waals surface area contributed by atoms with Crippen LogP contribution in [0.5, 0.6) is 11.5 Å². The van der Waals surface area contributed by atoms with E-state index in [9.17, 15) is 4.79 Å². The number of pyridine rings is 1. The van der Waals surface area contributed by atoms with Gasteiger partial charge < -0.3 is 15.4 Å². The van der Waals surface area contributed by atoms with Gasteiger partial charge in [0.05, 0.1) is 11.7 Å². The summed E-state index contributed by atoms with van der Waals surface area (Å²) in [6.07, 6.45) is 4.19. The smallest absolute Gasteiger partial charge is 0.251 e. The fourth-order valence-electron chi connectivity index (χ4n) is 3.93. The summed E-state index contributed by atoms with van der Waals surface area (Å²) in [6, 6.07) is 25.1. The van der Waals surface area contributed by atoms with Gasteiger partial charge in [-0.25, -0.2) is 0 Å². The first kappa shape index (κ1) is 21.0. The Hall–Kier alpha value is -3.83. The van der Waals surface area contributed by atoms with E-state index >= 15 is 0 Å². The normalized spacial score (nSPS) is 14.2. The molecule has 1 aliphatic heterocycles. The molecule has 0 aliphatic carbocycles. The van der Waals surface area contributed by atoms with Gasteiger partial charge in [0.15, 0.2) is 5.75 Å². The Bertz CT molecular complexity index is 1280. The number of aromatic nitrogens is 1. The molecule has 5 rings (SSSR count). The first-order valence-electron chi connectivity index (χ1n) is 10.7.